The molecule has 0 bridgehead atoms. The molecule has 1 fully saturated rings. The van der Waals surface area contributed by atoms with Crippen LogP contribution in [0.25, 0.3) is 0 Å². The number of nitrogens with one attached hydrogen (secondary N) is 1. The van der Waals surface area contributed by atoms with Crippen LogP contribution in [0.1, 0.15) is 6.42 Å². The number of aromatic nitrogens is 1. The van der Waals surface area contributed by atoms with Gasteiger partial charge in [-0.1, -0.05) is 0 Å². The zero-order valence-electron chi connectivity index (χ0n) is 8.05. The van der Waals surface area contributed by atoms with E-state index in [1.807, 2.05) is 0 Å². The minimum Gasteiger partial charge on any atom is -0.316 e. The van der Waals surface area contributed by atoms with Crippen LogP contribution >= 0.6 is 11.8 Å². The molecule has 5 nitrogen and oxygen atoms in total. The summed E-state index contributed by atoms with van der Waals surface area (Å²) in [5.74, 6) is 0. The first-order valence-corrected chi connectivity index (χ1v) is 5.61. The topological polar surface area (TPSA) is 68.1 Å². The lowest BCUT2D eigenvalue weighted by Crippen LogP contribution is -2.10. The van der Waals surface area contributed by atoms with Crippen LogP contribution in [0.5, 0.6) is 0 Å². The van der Waals surface area contributed by atoms with Crippen molar-refractivity contribution >= 4 is 17.4 Å². The van der Waals surface area contributed by atoms with Crippen molar-refractivity contribution in [1.82, 2.24) is 10.3 Å². The van der Waals surface area contributed by atoms with Crippen LogP contribution in [0, 0.1) is 10.1 Å². The number of hydrogen-bond donors (Lipinski definition) is 1. The summed E-state index contributed by atoms with van der Waals surface area (Å²) in [6, 6.07) is 3.21. The molecule has 0 saturated carbocycles. The first-order valence-electron chi connectivity index (χ1n) is 4.73. The van der Waals surface area contributed by atoms with Crippen LogP contribution < -0.4 is 5.32 Å². The molecule has 1 N–H and O–H groups in total. The van der Waals surface area contributed by atoms with E-state index in [-0.39, 0.29) is 5.69 Å². The molecule has 80 valence electrons. The Bertz CT molecular complexity index is 349. The summed E-state index contributed by atoms with van der Waals surface area (Å²) in [5.41, 5.74) is 0.0453. The maximum atomic E-state index is 10.4. The maximum absolute atomic E-state index is 10.4. The molecule has 0 spiro atoms. The van der Waals surface area contributed by atoms with Crippen molar-refractivity contribution < 1.29 is 4.92 Å². The number of thioether (sulfide) groups is 1. The third-order valence-corrected chi connectivity index (χ3v) is 3.45. The van der Waals surface area contributed by atoms with Gasteiger partial charge in [0.2, 0.25) is 0 Å². The maximum Gasteiger partial charge on any atom is 0.287 e. The van der Waals surface area contributed by atoms with Gasteiger partial charge in [0.1, 0.15) is 6.20 Å². The van der Waals surface area contributed by atoms with Crippen molar-refractivity contribution in [3.63, 3.8) is 0 Å². The third kappa shape index (κ3) is 2.66. The third-order valence-electron chi connectivity index (χ3n) is 2.23. The van der Waals surface area contributed by atoms with E-state index in [4.69, 9.17) is 0 Å². The van der Waals surface area contributed by atoms with Gasteiger partial charge in [0.05, 0.1) is 9.95 Å². The Hall–Kier alpha value is -1.14. The summed E-state index contributed by atoms with van der Waals surface area (Å²) in [5, 5.41) is 15.1. The number of rotatable bonds is 3. The fourth-order valence-electron chi connectivity index (χ4n) is 1.45. The first-order chi connectivity index (χ1) is 7.25. The van der Waals surface area contributed by atoms with Crippen LogP contribution in [0.4, 0.5) is 5.69 Å². The van der Waals surface area contributed by atoms with Gasteiger partial charge in [-0.15, -0.1) is 11.8 Å². The molecule has 1 aromatic heterocycles. The van der Waals surface area contributed by atoms with E-state index in [1.165, 1.54) is 12.3 Å². The van der Waals surface area contributed by atoms with Crippen molar-refractivity contribution in [2.24, 2.45) is 0 Å². The number of hydrogen-bond acceptors (Lipinski definition) is 5. The molecule has 0 aliphatic carbocycles. The lowest BCUT2D eigenvalue weighted by atomic mass is 10.4. The van der Waals surface area contributed by atoms with Crippen molar-refractivity contribution in [1.29, 1.82) is 0 Å². The molecule has 0 radical (unpaired) electrons. The zero-order valence-corrected chi connectivity index (χ0v) is 8.87. The highest BCUT2D eigenvalue weighted by atomic mass is 32.2. The predicted molar refractivity (Wildman–Crippen MR) is 58.0 cm³/mol. The quantitative estimate of drug-likeness (QED) is 0.622. The second-order valence-electron chi connectivity index (χ2n) is 3.34. The van der Waals surface area contributed by atoms with Gasteiger partial charge in [-0.3, -0.25) is 10.1 Å². The molecule has 15 heavy (non-hydrogen) atoms. The Balaban J connectivity index is 2.00. The molecule has 2 heterocycles. The van der Waals surface area contributed by atoms with E-state index in [1.54, 1.807) is 17.8 Å². The van der Waals surface area contributed by atoms with E-state index in [0.717, 1.165) is 24.5 Å². The average molecular weight is 225 g/mol. The Labute approximate surface area is 91.4 Å². The van der Waals surface area contributed by atoms with E-state index in [0.29, 0.717) is 5.25 Å². The Morgan fingerprint density at radius 1 is 1.60 bits per heavy atom. The molecule has 0 aromatic carbocycles. The minimum absolute atomic E-state index is 0.0453. The van der Waals surface area contributed by atoms with Crippen LogP contribution in [-0.4, -0.2) is 28.2 Å². The SMILES string of the molecule is O=[N+]([O-])c1ccc(S[C@H]2CCNC2)nc1. The molecule has 1 aliphatic rings. The van der Waals surface area contributed by atoms with Gasteiger partial charge in [-0.05, 0) is 19.0 Å². The van der Waals surface area contributed by atoms with Gasteiger partial charge in [0.25, 0.3) is 5.69 Å². The Kier molecular flexibility index (Phi) is 3.17. The van der Waals surface area contributed by atoms with Gasteiger partial charge >= 0.3 is 0 Å². The van der Waals surface area contributed by atoms with E-state index in [2.05, 4.69) is 10.3 Å². The normalized spacial score (nSPS) is 20.4. The predicted octanol–water partition coefficient (Wildman–Crippen LogP) is 1.44. The van der Waals surface area contributed by atoms with Gasteiger partial charge in [-0.2, -0.15) is 0 Å². The Morgan fingerprint density at radius 2 is 2.47 bits per heavy atom. The van der Waals surface area contributed by atoms with Gasteiger partial charge < -0.3 is 5.32 Å². The van der Waals surface area contributed by atoms with Crippen LogP contribution in [0.2, 0.25) is 0 Å². The zero-order chi connectivity index (χ0) is 10.7. The lowest BCUT2D eigenvalue weighted by molar-refractivity contribution is -0.385. The van der Waals surface area contributed by atoms with E-state index < -0.39 is 4.92 Å². The molecule has 6 heteroatoms. The largest absolute Gasteiger partial charge is 0.316 e. The fraction of sp³-hybridized carbons (Fsp3) is 0.444. The van der Waals surface area contributed by atoms with Crippen molar-refractivity contribution in [2.75, 3.05) is 13.1 Å². The molecular formula is C9H11N3O2S. The van der Waals surface area contributed by atoms with Crippen molar-refractivity contribution in [2.45, 2.75) is 16.7 Å². The standard InChI is InChI=1S/C9H11N3O2S/c13-12(14)7-1-2-9(11-5-7)15-8-3-4-10-6-8/h1-2,5,8,10H,3-4,6H2/t8-/m0/s1. The summed E-state index contributed by atoms with van der Waals surface area (Å²) in [6.07, 6.45) is 2.44. The molecule has 1 atom stereocenters. The molecule has 1 aromatic rings. The molecule has 1 aliphatic heterocycles. The summed E-state index contributed by atoms with van der Waals surface area (Å²) in [7, 11) is 0. The smallest absolute Gasteiger partial charge is 0.287 e. The van der Waals surface area contributed by atoms with E-state index >= 15 is 0 Å². The van der Waals surface area contributed by atoms with Crippen LogP contribution in [0.15, 0.2) is 23.4 Å². The molecular weight excluding hydrogens is 214 g/mol. The summed E-state index contributed by atoms with van der Waals surface area (Å²) in [4.78, 5) is 14.0. The van der Waals surface area contributed by atoms with Gasteiger partial charge in [0, 0.05) is 17.9 Å². The highest BCUT2D eigenvalue weighted by Crippen LogP contribution is 2.26. The first kappa shape index (κ1) is 10.4. The van der Waals surface area contributed by atoms with Crippen molar-refractivity contribution in [3.8, 4) is 0 Å². The average Bonchev–Trinajstić information content (AvgIpc) is 2.71. The monoisotopic (exact) mass is 225 g/mol. The summed E-state index contributed by atoms with van der Waals surface area (Å²) in [6.45, 7) is 2.04. The second-order valence-corrected chi connectivity index (χ2v) is 4.67. The molecule has 0 amide bonds. The van der Waals surface area contributed by atoms with Crippen LogP contribution in [-0.2, 0) is 0 Å². The number of nitro groups is 1. The summed E-state index contributed by atoms with van der Waals surface area (Å²) >= 11 is 1.68. The number of nitrogens with zero attached hydrogens (tertiary/aromatic N) is 2. The lowest BCUT2D eigenvalue weighted by Gasteiger charge is -2.05. The molecule has 2 rings (SSSR count). The fourth-order valence-corrected chi connectivity index (χ4v) is 2.49. The second kappa shape index (κ2) is 4.59. The van der Waals surface area contributed by atoms with Crippen LogP contribution in [0.3, 0.4) is 0 Å². The number of pyridine rings is 1. The highest BCUT2D eigenvalue weighted by molar-refractivity contribution is 7.99. The summed E-state index contributed by atoms with van der Waals surface area (Å²) < 4.78 is 0. The van der Waals surface area contributed by atoms with Gasteiger partial charge in [0.15, 0.2) is 0 Å². The van der Waals surface area contributed by atoms with E-state index in [9.17, 15) is 10.1 Å². The highest BCUT2D eigenvalue weighted by Gasteiger charge is 2.16. The molecule has 1 saturated heterocycles. The minimum atomic E-state index is -0.432. The van der Waals surface area contributed by atoms with Crippen molar-refractivity contribution in [3.05, 3.63) is 28.4 Å². The van der Waals surface area contributed by atoms with Gasteiger partial charge in [-0.25, -0.2) is 4.98 Å². The molecule has 0 unspecified atom stereocenters. The Morgan fingerprint density at radius 3 is 3.00 bits per heavy atom.